The summed E-state index contributed by atoms with van der Waals surface area (Å²) in [6, 6.07) is 5.53. The molecule has 0 spiro atoms. The molecule has 0 radical (unpaired) electrons. The minimum Gasteiger partial charge on any atom is -0.375 e. The lowest BCUT2D eigenvalue weighted by atomic mass is 10.2. The SMILES string of the molecule is NC(=S)NN=Cc1ccc2ncnc(Cl)c2c1. The average molecular weight is 266 g/mol. The van der Waals surface area contributed by atoms with E-state index in [9.17, 15) is 0 Å². The summed E-state index contributed by atoms with van der Waals surface area (Å²) in [4.78, 5) is 8.01. The quantitative estimate of drug-likeness (QED) is 0.372. The van der Waals surface area contributed by atoms with Crippen LogP contribution in [0.1, 0.15) is 5.56 Å². The molecule has 1 aromatic carbocycles. The molecule has 2 rings (SSSR count). The number of nitrogens with one attached hydrogen (secondary N) is 1. The number of hydrogen-bond donors (Lipinski definition) is 2. The maximum Gasteiger partial charge on any atom is 0.184 e. The fourth-order valence-electron chi connectivity index (χ4n) is 1.29. The second kappa shape index (κ2) is 5.03. The molecule has 0 unspecified atom stereocenters. The van der Waals surface area contributed by atoms with E-state index in [1.54, 1.807) is 6.21 Å². The molecular weight excluding hydrogens is 258 g/mol. The fraction of sp³-hybridized carbons (Fsp3) is 0. The lowest BCUT2D eigenvalue weighted by Gasteiger charge is -2.00. The van der Waals surface area contributed by atoms with E-state index < -0.39 is 0 Å². The molecule has 3 N–H and O–H groups in total. The van der Waals surface area contributed by atoms with Gasteiger partial charge in [0.05, 0.1) is 11.7 Å². The van der Waals surface area contributed by atoms with Crippen molar-refractivity contribution in [2.24, 2.45) is 10.8 Å². The van der Waals surface area contributed by atoms with E-state index in [4.69, 9.17) is 17.3 Å². The lowest BCUT2D eigenvalue weighted by Crippen LogP contribution is -2.23. The van der Waals surface area contributed by atoms with Crippen LogP contribution in [-0.4, -0.2) is 21.3 Å². The van der Waals surface area contributed by atoms with Crippen molar-refractivity contribution in [3.05, 3.63) is 35.2 Å². The molecule has 0 atom stereocenters. The Morgan fingerprint density at radius 2 is 2.29 bits per heavy atom. The zero-order chi connectivity index (χ0) is 12.3. The van der Waals surface area contributed by atoms with Gasteiger partial charge in [0.1, 0.15) is 11.5 Å². The molecule has 0 bridgehead atoms. The van der Waals surface area contributed by atoms with Crippen molar-refractivity contribution in [2.75, 3.05) is 0 Å². The Labute approximate surface area is 108 Å². The van der Waals surface area contributed by atoms with Gasteiger partial charge in [-0.3, -0.25) is 5.43 Å². The van der Waals surface area contributed by atoms with Crippen LogP contribution < -0.4 is 11.2 Å². The molecule has 0 saturated heterocycles. The Kier molecular flexibility index (Phi) is 3.46. The van der Waals surface area contributed by atoms with Crippen LogP contribution in [0.5, 0.6) is 0 Å². The predicted molar refractivity (Wildman–Crippen MR) is 72.1 cm³/mol. The van der Waals surface area contributed by atoms with Gasteiger partial charge in [-0.25, -0.2) is 9.97 Å². The summed E-state index contributed by atoms with van der Waals surface area (Å²) in [7, 11) is 0. The number of nitrogens with zero attached hydrogens (tertiary/aromatic N) is 3. The van der Waals surface area contributed by atoms with Crippen LogP contribution in [0.3, 0.4) is 0 Å². The van der Waals surface area contributed by atoms with Crippen LogP contribution in [-0.2, 0) is 0 Å². The lowest BCUT2D eigenvalue weighted by molar-refractivity contribution is 1.04. The van der Waals surface area contributed by atoms with Gasteiger partial charge in [0.2, 0.25) is 0 Å². The first-order chi connectivity index (χ1) is 8.16. The summed E-state index contributed by atoms with van der Waals surface area (Å²) in [5.74, 6) is 0. The van der Waals surface area contributed by atoms with Crippen molar-refractivity contribution in [1.82, 2.24) is 15.4 Å². The van der Waals surface area contributed by atoms with Gasteiger partial charge >= 0.3 is 0 Å². The molecule has 2 aromatic rings. The highest BCUT2D eigenvalue weighted by Gasteiger charge is 2.01. The van der Waals surface area contributed by atoms with E-state index in [-0.39, 0.29) is 5.11 Å². The second-order valence-corrected chi connectivity index (χ2v) is 3.97. The smallest absolute Gasteiger partial charge is 0.184 e. The summed E-state index contributed by atoms with van der Waals surface area (Å²) >= 11 is 10.6. The highest BCUT2D eigenvalue weighted by Crippen LogP contribution is 2.19. The normalized spacial score (nSPS) is 10.9. The van der Waals surface area contributed by atoms with Crippen LogP contribution in [0.25, 0.3) is 10.9 Å². The number of hydrogen-bond acceptors (Lipinski definition) is 4. The zero-order valence-corrected chi connectivity index (χ0v) is 10.2. The van der Waals surface area contributed by atoms with E-state index in [1.807, 2.05) is 18.2 Å². The van der Waals surface area contributed by atoms with Crippen molar-refractivity contribution in [1.29, 1.82) is 0 Å². The number of thiocarbonyl (C=S) groups is 1. The monoisotopic (exact) mass is 265 g/mol. The van der Waals surface area contributed by atoms with Crippen molar-refractivity contribution in [2.45, 2.75) is 0 Å². The number of hydrazone groups is 1. The van der Waals surface area contributed by atoms with Crippen molar-refractivity contribution >= 4 is 46.0 Å². The van der Waals surface area contributed by atoms with Gasteiger partial charge in [-0.1, -0.05) is 17.7 Å². The maximum absolute atomic E-state index is 5.96. The second-order valence-electron chi connectivity index (χ2n) is 3.18. The molecule has 0 amide bonds. The Morgan fingerprint density at radius 3 is 3.06 bits per heavy atom. The molecule has 1 aromatic heterocycles. The molecule has 0 aliphatic heterocycles. The van der Waals surface area contributed by atoms with Gasteiger partial charge in [0, 0.05) is 5.39 Å². The Bertz CT molecular complexity index is 598. The Morgan fingerprint density at radius 1 is 1.47 bits per heavy atom. The fourth-order valence-corrected chi connectivity index (χ4v) is 1.54. The Balaban J connectivity index is 2.34. The minimum atomic E-state index is 0.114. The van der Waals surface area contributed by atoms with Gasteiger partial charge in [-0.15, -0.1) is 0 Å². The van der Waals surface area contributed by atoms with Crippen molar-refractivity contribution in [3.63, 3.8) is 0 Å². The summed E-state index contributed by atoms with van der Waals surface area (Å²) in [6.07, 6.45) is 3.01. The van der Waals surface area contributed by atoms with Crippen LogP contribution in [0.4, 0.5) is 0 Å². The third-order valence-corrected chi connectivity index (χ3v) is 2.39. The number of fused-ring (bicyclic) bond motifs is 1. The van der Waals surface area contributed by atoms with E-state index in [1.165, 1.54) is 6.33 Å². The van der Waals surface area contributed by atoms with Gasteiger partial charge in [0.15, 0.2) is 5.11 Å². The van der Waals surface area contributed by atoms with Gasteiger partial charge in [-0.05, 0) is 29.9 Å². The summed E-state index contributed by atoms with van der Waals surface area (Å²) in [5, 5.41) is 5.15. The molecule has 7 heteroatoms. The van der Waals surface area contributed by atoms with Gasteiger partial charge < -0.3 is 5.73 Å². The Hall–Kier alpha value is -1.79. The van der Waals surface area contributed by atoms with E-state index in [0.29, 0.717) is 5.15 Å². The highest BCUT2D eigenvalue weighted by atomic mass is 35.5. The standard InChI is InChI=1S/C10H8ClN5S/c11-9-7-3-6(4-15-16-10(12)17)1-2-8(7)13-5-14-9/h1-5H,(H3,12,16,17). The first-order valence-corrected chi connectivity index (χ1v) is 5.44. The number of nitrogens with two attached hydrogens (primary N) is 1. The summed E-state index contributed by atoms with van der Waals surface area (Å²) in [5.41, 5.74) is 9.34. The van der Waals surface area contributed by atoms with Crippen LogP contribution in [0, 0.1) is 0 Å². The first-order valence-electron chi connectivity index (χ1n) is 4.65. The number of halogens is 1. The number of aromatic nitrogens is 2. The minimum absolute atomic E-state index is 0.114. The van der Waals surface area contributed by atoms with Crippen LogP contribution >= 0.6 is 23.8 Å². The molecule has 0 saturated carbocycles. The molecule has 0 aliphatic carbocycles. The third kappa shape index (κ3) is 2.86. The number of benzene rings is 1. The molecule has 1 heterocycles. The van der Waals surface area contributed by atoms with Crippen LogP contribution in [0.2, 0.25) is 5.15 Å². The molecule has 0 fully saturated rings. The summed E-state index contributed by atoms with van der Waals surface area (Å²) in [6.45, 7) is 0. The molecule has 17 heavy (non-hydrogen) atoms. The van der Waals surface area contributed by atoms with E-state index >= 15 is 0 Å². The van der Waals surface area contributed by atoms with E-state index in [0.717, 1.165) is 16.5 Å². The van der Waals surface area contributed by atoms with Gasteiger partial charge in [0.25, 0.3) is 0 Å². The number of rotatable bonds is 2. The maximum atomic E-state index is 5.96. The highest BCUT2D eigenvalue weighted by molar-refractivity contribution is 7.80. The molecule has 0 aliphatic rings. The topological polar surface area (TPSA) is 76.2 Å². The van der Waals surface area contributed by atoms with Crippen LogP contribution in [0.15, 0.2) is 29.6 Å². The van der Waals surface area contributed by atoms with E-state index in [2.05, 4.69) is 32.7 Å². The molecule has 5 nitrogen and oxygen atoms in total. The first kappa shape index (κ1) is 11.7. The molecule has 86 valence electrons. The van der Waals surface area contributed by atoms with Gasteiger partial charge in [-0.2, -0.15) is 5.10 Å². The molecular formula is C10H8ClN5S. The third-order valence-electron chi connectivity index (χ3n) is 2.00. The summed E-state index contributed by atoms with van der Waals surface area (Å²) < 4.78 is 0. The average Bonchev–Trinajstić information content (AvgIpc) is 2.30. The predicted octanol–water partition coefficient (Wildman–Crippen LogP) is 1.45. The zero-order valence-electron chi connectivity index (χ0n) is 8.59. The van der Waals surface area contributed by atoms with Crippen molar-refractivity contribution in [3.8, 4) is 0 Å². The van der Waals surface area contributed by atoms with Crippen molar-refractivity contribution < 1.29 is 0 Å². The largest absolute Gasteiger partial charge is 0.375 e.